The molecule has 1 aromatic rings. The lowest BCUT2D eigenvalue weighted by molar-refractivity contribution is -0.0568. The highest BCUT2D eigenvalue weighted by Crippen LogP contribution is 2.26. The van der Waals surface area contributed by atoms with Crippen molar-refractivity contribution in [2.45, 2.75) is 57.8 Å². The molecule has 2 atom stereocenters. The molecule has 0 aromatic heterocycles. The Morgan fingerprint density at radius 2 is 2.04 bits per heavy atom. The SMILES string of the molecule is COc1ccccc1CC1CCCN1CC(O)COC(C)(C)C. The maximum Gasteiger partial charge on any atom is 0.122 e. The van der Waals surface area contributed by atoms with Crippen molar-refractivity contribution in [1.29, 1.82) is 0 Å². The molecule has 2 unspecified atom stereocenters. The van der Waals surface area contributed by atoms with Crippen LogP contribution in [0.3, 0.4) is 0 Å². The zero-order chi connectivity index (χ0) is 16.9. The average Bonchev–Trinajstić information content (AvgIpc) is 2.92. The van der Waals surface area contributed by atoms with Crippen LogP contribution in [0.4, 0.5) is 0 Å². The number of aliphatic hydroxyl groups excluding tert-OH is 1. The number of likely N-dealkylation sites (tertiary alicyclic amines) is 1. The Bertz CT molecular complexity index is 484. The molecule has 1 N–H and O–H groups in total. The highest BCUT2D eigenvalue weighted by Gasteiger charge is 2.27. The minimum atomic E-state index is -0.438. The Balaban J connectivity index is 1.90. The molecule has 2 rings (SSSR count). The Morgan fingerprint density at radius 3 is 2.74 bits per heavy atom. The molecule has 1 aromatic carbocycles. The molecule has 0 amide bonds. The summed E-state index contributed by atoms with van der Waals surface area (Å²) in [6.07, 6.45) is 2.89. The minimum Gasteiger partial charge on any atom is -0.496 e. The van der Waals surface area contributed by atoms with Gasteiger partial charge in [-0.3, -0.25) is 4.90 Å². The number of rotatable bonds is 7. The second kappa shape index (κ2) is 8.13. The summed E-state index contributed by atoms with van der Waals surface area (Å²) in [4.78, 5) is 2.39. The Kier molecular flexibility index (Phi) is 6.45. The summed E-state index contributed by atoms with van der Waals surface area (Å²) in [5.74, 6) is 0.955. The van der Waals surface area contributed by atoms with Gasteiger partial charge in [0.15, 0.2) is 0 Å². The van der Waals surface area contributed by atoms with Crippen molar-refractivity contribution in [3.8, 4) is 5.75 Å². The van der Waals surface area contributed by atoms with E-state index in [0.29, 0.717) is 19.2 Å². The van der Waals surface area contributed by atoms with E-state index in [1.54, 1.807) is 7.11 Å². The summed E-state index contributed by atoms with van der Waals surface area (Å²) in [6.45, 7) is 8.16. The quantitative estimate of drug-likeness (QED) is 0.838. The van der Waals surface area contributed by atoms with Crippen LogP contribution in [0.2, 0.25) is 0 Å². The van der Waals surface area contributed by atoms with Gasteiger partial charge < -0.3 is 14.6 Å². The maximum absolute atomic E-state index is 10.3. The first kappa shape index (κ1) is 18.2. The number of hydrogen-bond acceptors (Lipinski definition) is 4. The molecule has 1 aliphatic heterocycles. The molecule has 0 bridgehead atoms. The molecule has 4 nitrogen and oxygen atoms in total. The van der Waals surface area contributed by atoms with Gasteiger partial charge in [0.1, 0.15) is 5.75 Å². The smallest absolute Gasteiger partial charge is 0.122 e. The van der Waals surface area contributed by atoms with Gasteiger partial charge in [-0.1, -0.05) is 18.2 Å². The Hall–Kier alpha value is -1.10. The van der Waals surface area contributed by atoms with Crippen LogP contribution in [-0.4, -0.2) is 54.6 Å². The molecule has 130 valence electrons. The fourth-order valence-electron chi connectivity index (χ4n) is 3.16. The van der Waals surface area contributed by atoms with Crippen LogP contribution in [0.25, 0.3) is 0 Å². The lowest BCUT2D eigenvalue weighted by atomic mass is 10.0. The Labute approximate surface area is 140 Å². The van der Waals surface area contributed by atoms with Gasteiger partial charge in [-0.2, -0.15) is 0 Å². The first-order valence-electron chi connectivity index (χ1n) is 8.57. The molecule has 0 aliphatic carbocycles. The largest absolute Gasteiger partial charge is 0.496 e. The number of methoxy groups -OCH3 is 1. The van der Waals surface area contributed by atoms with Gasteiger partial charge >= 0.3 is 0 Å². The second-order valence-electron chi connectivity index (χ2n) is 7.38. The predicted molar refractivity (Wildman–Crippen MR) is 93.0 cm³/mol. The fourth-order valence-corrected chi connectivity index (χ4v) is 3.16. The number of β-amino-alcohol motifs (C(OH)–C–C–N with tert-alkyl or cyclic N) is 1. The number of benzene rings is 1. The number of hydrogen-bond donors (Lipinski definition) is 1. The van der Waals surface area contributed by atoms with E-state index in [4.69, 9.17) is 9.47 Å². The zero-order valence-electron chi connectivity index (χ0n) is 14.9. The van der Waals surface area contributed by atoms with Crippen molar-refractivity contribution < 1.29 is 14.6 Å². The number of ether oxygens (including phenoxy) is 2. The summed E-state index contributed by atoms with van der Waals surface area (Å²) >= 11 is 0. The fraction of sp³-hybridized carbons (Fsp3) is 0.684. The first-order valence-corrected chi connectivity index (χ1v) is 8.57. The summed E-state index contributed by atoms with van der Waals surface area (Å²) in [5, 5.41) is 10.3. The van der Waals surface area contributed by atoms with E-state index in [1.807, 2.05) is 32.9 Å². The topological polar surface area (TPSA) is 41.9 Å². The predicted octanol–water partition coefficient (Wildman–Crippen LogP) is 2.88. The zero-order valence-corrected chi connectivity index (χ0v) is 14.9. The third-order valence-electron chi connectivity index (χ3n) is 4.30. The van der Waals surface area contributed by atoms with Crippen LogP contribution in [-0.2, 0) is 11.2 Å². The summed E-state index contributed by atoms with van der Waals surface area (Å²) in [7, 11) is 1.72. The number of para-hydroxylation sites is 1. The standard InChI is InChI=1S/C19H31NO3/c1-19(2,3)23-14-17(21)13-20-11-7-9-16(20)12-15-8-5-6-10-18(15)22-4/h5-6,8,10,16-17,21H,7,9,11-14H2,1-4H3. The van der Waals surface area contributed by atoms with Gasteiger partial charge in [-0.15, -0.1) is 0 Å². The van der Waals surface area contributed by atoms with Crippen LogP contribution in [0, 0.1) is 0 Å². The molecule has 0 saturated carbocycles. The summed E-state index contributed by atoms with van der Waals surface area (Å²) in [6, 6.07) is 8.68. The molecule has 1 heterocycles. The molecule has 1 aliphatic rings. The molecule has 1 saturated heterocycles. The summed E-state index contributed by atoms with van der Waals surface area (Å²) in [5.41, 5.74) is 1.04. The van der Waals surface area contributed by atoms with Crippen molar-refractivity contribution in [3.05, 3.63) is 29.8 Å². The number of nitrogens with zero attached hydrogens (tertiary/aromatic N) is 1. The van der Waals surface area contributed by atoms with Crippen molar-refractivity contribution in [3.63, 3.8) is 0 Å². The van der Waals surface area contributed by atoms with E-state index in [9.17, 15) is 5.11 Å². The molecular weight excluding hydrogens is 290 g/mol. The van der Waals surface area contributed by atoms with Gasteiger partial charge in [-0.05, 0) is 58.2 Å². The van der Waals surface area contributed by atoms with Crippen molar-refractivity contribution in [1.82, 2.24) is 4.90 Å². The third kappa shape index (κ3) is 5.79. The van der Waals surface area contributed by atoms with Gasteiger partial charge in [0.05, 0.1) is 25.4 Å². The monoisotopic (exact) mass is 321 g/mol. The van der Waals surface area contributed by atoms with Crippen LogP contribution < -0.4 is 4.74 Å². The van der Waals surface area contributed by atoms with E-state index in [0.717, 1.165) is 18.7 Å². The highest BCUT2D eigenvalue weighted by molar-refractivity contribution is 5.34. The van der Waals surface area contributed by atoms with Gasteiger partial charge in [0.2, 0.25) is 0 Å². The summed E-state index contributed by atoms with van der Waals surface area (Å²) < 4.78 is 11.2. The second-order valence-corrected chi connectivity index (χ2v) is 7.38. The first-order chi connectivity index (χ1) is 10.9. The molecule has 0 spiro atoms. The van der Waals surface area contributed by atoms with E-state index < -0.39 is 6.10 Å². The molecule has 1 fully saturated rings. The van der Waals surface area contributed by atoms with Crippen molar-refractivity contribution in [2.75, 3.05) is 26.8 Å². The van der Waals surface area contributed by atoms with E-state index >= 15 is 0 Å². The molecule has 23 heavy (non-hydrogen) atoms. The third-order valence-corrected chi connectivity index (χ3v) is 4.30. The van der Waals surface area contributed by atoms with Gasteiger partial charge in [0, 0.05) is 12.6 Å². The van der Waals surface area contributed by atoms with Crippen LogP contribution >= 0.6 is 0 Å². The van der Waals surface area contributed by atoms with Gasteiger partial charge in [0.25, 0.3) is 0 Å². The molecular formula is C19H31NO3. The maximum atomic E-state index is 10.3. The highest BCUT2D eigenvalue weighted by atomic mass is 16.5. The number of aliphatic hydroxyl groups is 1. The normalized spacial score (nSPS) is 20.7. The van der Waals surface area contributed by atoms with Crippen molar-refractivity contribution >= 4 is 0 Å². The lowest BCUT2D eigenvalue weighted by Crippen LogP contribution is -2.40. The van der Waals surface area contributed by atoms with Crippen molar-refractivity contribution in [2.24, 2.45) is 0 Å². The van der Waals surface area contributed by atoms with Gasteiger partial charge in [-0.25, -0.2) is 0 Å². The lowest BCUT2D eigenvalue weighted by Gasteiger charge is -2.29. The van der Waals surface area contributed by atoms with E-state index in [-0.39, 0.29) is 5.60 Å². The molecule has 0 radical (unpaired) electrons. The van der Waals surface area contributed by atoms with Crippen LogP contribution in [0.1, 0.15) is 39.2 Å². The van der Waals surface area contributed by atoms with E-state index in [2.05, 4.69) is 17.0 Å². The Morgan fingerprint density at radius 1 is 1.30 bits per heavy atom. The average molecular weight is 321 g/mol. The van der Waals surface area contributed by atoms with Crippen LogP contribution in [0.5, 0.6) is 5.75 Å². The minimum absolute atomic E-state index is 0.206. The van der Waals surface area contributed by atoms with E-state index in [1.165, 1.54) is 18.4 Å². The van der Waals surface area contributed by atoms with Crippen LogP contribution in [0.15, 0.2) is 24.3 Å². The molecule has 4 heteroatoms.